The highest BCUT2D eigenvalue weighted by atomic mass is 16.5. The Balaban J connectivity index is 2.05. The Morgan fingerprint density at radius 2 is 2.26 bits per heavy atom. The molecule has 1 aromatic heterocycles. The molecule has 6 heteroatoms. The molecule has 0 aliphatic carbocycles. The predicted molar refractivity (Wildman–Crippen MR) is 69.7 cm³/mol. The van der Waals surface area contributed by atoms with E-state index in [0.29, 0.717) is 0 Å². The first-order valence-electron chi connectivity index (χ1n) is 6.22. The number of nitrogens with two attached hydrogens (primary N) is 1. The molecule has 2 unspecified atom stereocenters. The van der Waals surface area contributed by atoms with E-state index in [1.807, 2.05) is 16.8 Å². The standard InChI is InChI=1S/C13H16N4O2/c1-19-11-6-5-10(8-3-2-4-9(18)7-8)17-12(11)15-13(14)16-17/h2-4,7,10-11,18H,5-6H2,1H3,(H2,14,16). The van der Waals surface area contributed by atoms with E-state index >= 15 is 0 Å². The minimum Gasteiger partial charge on any atom is -0.508 e. The highest BCUT2D eigenvalue weighted by Crippen LogP contribution is 2.37. The van der Waals surface area contributed by atoms with Crippen LogP contribution in [0.3, 0.4) is 0 Å². The van der Waals surface area contributed by atoms with E-state index in [-0.39, 0.29) is 23.8 Å². The number of benzene rings is 1. The summed E-state index contributed by atoms with van der Waals surface area (Å²) in [7, 11) is 1.66. The molecule has 0 amide bonds. The third-order valence-electron chi connectivity index (χ3n) is 3.50. The smallest absolute Gasteiger partial charge is 0.239 e. The molecule has 2 heterocycles. The number of fused-ring (bicyclic) bond motifs is 1. The van der Waals surface area contributed by atoms with Gasteiger partial charge in [0.1, 0.15) is 11.9 Å². The normalized spacial score (nSPS) is 22.2. The summed E-state index contributed by atoms with van der Waals surface area (Å²) in [5, 5.41) is 13.9. The monoisotopic (exact) mass is 260 g/mol. The maximum Gasteiger partial charge on any atom is 0.239 e. The van der Waals surface area contributed by atoms with E-state index < -0.39 is 0 Å². The highest BCUT2D eigenvalue weighted by molar-refractivity contribution is 5.31. The second kappa shape index (κ2) is 4.55. The van der Waals surface area contributed by atoms with Crippen molar-refractivity contribution >= 4 is 5.95 Å². The number of rotatable bonds is 2. The lowest BCUT2D eigenvalue weighted by molar-refractivity contribution is 0.0648. The average molecular weight is 260 g/mol. The maximum absolute atomic E-state index is 9.60. The summed E-state index contributed by atoms with van der Waals surface area (Å²) in [4.78, 5) is 4.24. The van der Waals surface area contributed by atoms with Gasteiger partial charge in [-0.3, -0.25) is 0 Å². The van der Waals surface area contributed by atoms with Crippen LogP contribution >= 0.6 is 0 Å². The highest BCUT2D eigenvalue weighted by Gasteiger charge is 2.31. The number of aromatic hydroxyl groups is 1. The van der Waals surface area contributed by atoms with E-state index in [9.17, 15) is 5.11 Å². The molecule has 0 radical (unpaired) electrons. The lowest BCUT2D eigenvalue weighted by atomic mass is 9.96. The minimum absolute atomic E-state index is 0.0401. The molecule has 0 spiro atoms. The minimum atomic E-state index is -0.0710. The van der Waals surface area contributed by atoms with Gasteiger partial charge < -0.3 is 15.6 Å². The molecule has 0 bridgehead atoms. The molecular formula is C13H16N4O2. The van der Waals surface area contributed by atoms with Gasteiger partial charge in [-0.1, -0.05) is 12.1 Å². The molecule has 1 aliphatic heterocycles. The Labute approximate surface area is 110 Å². The summed E-state index contributed by atoms with van der Waals surface area (Å²) >= 11 is 0. The Bertz CT molecular complexity index is 596. The van der Waals surface area contributed by atoms with Crippen LogP contribution in [-0.4, -0.2) is 27.0 Å². The van der Waals surface area contributed by atoms with Crippen molar-refractivity contribution in [3.05, 3.63) is 35.7 Å². The van der Waals surface area contributed by atoms with Crippen molar-refractivity contribution < 1.29 is 9.84 Å². The van der Waals surface area contributed by atoms with E-state index in [4.69, 9.17) is 10.5 Å². The number of nitrogens with zero attached hydrogens (tertiary/aromatic N) is 3. The molecule has 1 aromatic carbocycles. The molecule has 100 valence electrons. The van der Waals surface area contributed by atoms with Gasteiger partial charge in [0.25, 0.3) is 0 Å². The van der Waals surface area contributed by atoms with Crippen molar-refractivity contribution in [1.82, 2.24) is 14.8 Å². The molecule has 6 nitrogen and oxygen atoms in total. The van der Waals surface area contributed by atoms with Gasteiger partial charge in [-0.2, -0.15) is 4.98 Å². The number of anilines is 1. The molecule has 0 saturated heterocycles. The van der Waals surface area contributed by atoms with E-state index in [1.165, 1.54) is 0 Å². The summed E-state index contributed by atoms with van der Waals surface area (Å²) < 4.78 is 7.22. The first-order chi connectivity index (χ1) is 9.19. The summed E-state index contributed by atoms with van der Waals surface area (Å²) in [5.41, 5.74) is 6.70. The SMILES string of the molecule is COC1CCC(c2cccc(O)c2)n2nc(N)nc21. The number of methoxy groups -OCH3 is 1. The van der Waals surface area contributed by atoms with Crippen LogP contribution in [0.5, 0.6) is 5.75 Å². The van der Waals surface area contributed by atoms with Crippen molar-refractivity contribution in [2.24, 2.45) is 0 Å². The molecule has 3 N–H and O–H groups in total. The summed E-state index contributed by atoms with van der Waals surface area (Å²) in [6.07, 6.45) is 1.66. The number of phenols is 1. The predicted octanol–water partition coefficient (Wildman–Crippen LogP) is 1.64. The van der Waals surface area contributed by atoms with Gasteiger partial charge in [-0.25, -0.2) is 4.68 Å². The maximum atomic E-state index is 9.60. The molecule has 2 aromatic rings. The van der Waals surface area contributed by atoms with Gasteiger partial charge in [0.2, 0.25) is 5.95 Å². The summed E-state index contributed by atoms with van der Waals surface area (Å²) in [6.45, 7) is 0. The topological polar surface area (TPSA) is 86.2 Å². The van der Waals surface area contributed by atoms with Gasteiger partial charge in [0.05, 0.1) is 6.04 Å². The zero-order valence-corrected chi connectivity index (χ0v) is 10.7. The van der Waals surface area contributed by atoms with Crippen molar-refractivity contribution in [3.63, 3.8) is 0 Å². The van der Waals surface area contributed by atoms with E-state index in [2.05, 4.69) is 10.1 Å². The van der Waals surface area contributed by atoms with Crippen LogP contribution in [-0.2, 0) is 4.74 Å². The molecule has 19 heavy (non-hydrogen) atoms. The van der Waals surface area contributed by atoms with Gasteiger partial charge in [0, 0.05) is 7.11 Å². The summed E-state index contributed by atoms with van der Waals surface area (Å²) in [6, 6.07) is 7.24. The zero-order valence-electron chi connectivity index (χ0n) is 10.7. The van der Waals surface area contributed by atoms with Gasteiger partial charge in [-0.05, 0) is 30.5 Å². The quantitative estimate of drug-likeness (QED) is 0.857. The number of ether oxygens (including phenoxy) is 1. The van der Waals surface area contributed by atoms with Crippen LogP contribution in [0.25, 0.3) is 0 Å². The molecule has 2 atom stereocenters. The Kier molecular flexibility index (Phi) is 2.87. The third-order valence-corrected chi connectivity index (χ3v) is 3.50. The Hall–Kier alpha value is -2.08. The zero-order chi connectivity index (χ0) is 13.4. The lowest BCUT2D eigenvalue weighted by Gasteiger charge is -2.28. The van der Waals surface area contributed by atoms with Crippen LogP contribution < -0.4 is 5.73 Å². The number of hydrogen-bond acceptors (Lipinski definition) is 5. The van der Waals surface area contributed by atoms with Gasteiger partial charge >= 0.3 is 0 Å². The fourth-order valence-electron chi connectivity index (χ4n) is 2.63. The van der Waals surface area contributed by atoms with Crippen LogP contribution in [0.4, 0.5) is 5.95 Å². The third kappa shape index (κ3) is 2.04. The summed E-state index contributed by atoms with van der Waals surface area (Å²) in [5.74, 6) is 1.25. The molecule has 1 aliphatic rings. The fourth-order valence-corrected chi connectivity index (χ4v) is 2.63. The second-order valence-corrected chi connectivity index (χ2v) is 4.69. The molecular weight excluding hydrogens is 244 g/mol. The first-order valence-corrected chi connectivity index (χ1v) is 6.22. The van der Waals surface area contributed by atoms with Crippen molar-refractivity contribution in [2.45, 2.75) is 25.0 Å². The van der Waals surface area contributed by atoms with Crippen LogP contribution in [0.2, 0.25) is 0 Å². The lowest BCUT2D eigenvalue weighted by Crippen LogP contribution is -2.24. The van der Waals surface area contributed by atoms with Crippen molar-refractivity contribution in [2.75, 3.05) is 12.8 Å². The van der Waals surface area contributed by atoms with Crippen molar-refractivity contribution in [3.8, 4) is 5.75 Å². The molecule has 0 fully saturated rings. The van der Waals surface area contributed by atoms with E-state index in [1.54, 1.807) is 19.2 Å². The van der Waals surface area contributed by atoms with Crippen LogP contribution in [0.15, 0.2) is 24.3 Å². The van der Waals surface area contributed by atoms with Gasteiger partial charge in [-0.15, -0.1) is 5.10 Å². The Morgan fingerprint density at radius 3 is 3.00 bits per heavy atom. The Morgan fingerprint density at radius 1 is 1.42 bits per heavy atom. The average Bonchev–Trinajstić information content (AvgIpc) is 2.78. The van der Waals surface area contributed by atoms with Crippen LogP contribution in [0, 0.1) is 0 Å². The van der Waals surface area contributed by atoms with Crippen molar-refractivity contribution in [1.29, 1.82) is 0 Å². The molecule has 0 saturated carbocycles. The number of hydrogen-bond donors (Lipinski definition) is 2. The van der Waals surface area contributed by atoms with Crippen LogP contribution in [0.1, 0.15) is 36.4 Å². The molecule has 3 rings (SSSR count). The second-order valence-electron chi connectivity index (χ2n) is 4.69. The fraction of sp³-hybridized carbons (Fsp3) is 0.385. The largest absolute Gasteiger partial charge is 0.508 e. The number of nitrogen functional groups attached to an aromatic ring is 1. The number of phenolic OH excluding ortho intramolecular Hbond substituents is 1. The van der Waals surface area contributed by atoms with E-state index in [0.717, 1.165) is 24.2 Å². The van der Waals surface area contributed by atoms with Gasteiger partial charge in [0.15, 0.2) is 5.82 Å². The first kappa shape index (κ1) is 12.0. The number of aromatic nitrogens is 3.